The molecule has 0 aliphatic carbocycles. The maximum atomic E-state index is 8.84. The predicted molar refractivity (Wildman–Crippen MR) is 60.4 cm³/mol. The summed E-state index contributed by atoms with van der Waals surface area (Å²) < 4.78 is 0.867. The number of pyridine rings is 1. The van der Waals surface area contributed by atoms with Gasteiger partial charge < -0.3 is 0 Å². The molecule has 0 saturated heterocycles. The van der Waals surface area contributed by atoms with Gasteiger partial charge in [-0.2, -0.15) is 10.5 Å². The molecule has 0 bridgehead atoms. The van der Waals surface area contributed by atoms with Gasteiger partial charge in [0.2, 0.25) is 0 Å². The van der Waals surface area contributed by atoms with Crippen LogP contribution in [0.15, 0.2) is 6.07 Å². The summed E-state index contributed by atoms with van der Waals surface area (Å²) in [7, 11) is 0. The molecule has 0 spiro atoms. The number of aryl methyl sites for hydroxylation is 1. The number of hydrogen-bond donors (Lipinski definition) is 0. The van der Waals surface area contributed by atoms with Gasteiger partial charge in [0.05, 0.1) is 14.8 Å². The Morgan fingerprint density at radius 2 is 2.14 bits per heavy atom. The highest BCUT2D eigenvalue weighted by atomic mass is 127. The Bertz CT molecular complexity index is 426. The molecule has 1 aromatic rings. The van der Waals surface area contributed by atoms with Gasteiger partial charge in [0, 0.05) is 0 Å². The summed E-state index contributed by atoms with van der Waals surface area (Å²) in [6.07, 6.45) is 1.77. The van der Waals surface area contributed by atoms with Crippen LogP contribution in [0.5, 0.6) is 0 Å². The molecule has 0 radical (unpaired) electrons. The number of halogens is 1. The SMILES string of the molecule is CCCc1nc(C#N)cc(C#N)c1I. The Morgan fingerprint density at radius 1 is 1.43 bits per heavy atom. The quantitative estimate of drug-likeness (QED) is 0.787. The molecular weight excluding hydrogens is 289 g/mol. The molecule has 0 fully saturated rings. The topological polar surface area (TPSA) is 60.5 Å². The lowest BCUT2D eigenvalue weighted by atomic mass is 10.1. The molecule has 0 amide bonds. The summed E-state index contributed by atoms with van der Waals surface area (Å²) in [6.45, 7) is 2.04. The fourth-order valence-corrected chi connectivity index (χ4v) is 1.79. The van der Waals surface area contributed by atoms with Gasteiger partial charge in [0.1, 0.15) is 17.8 Å². The lowest BCUT2D eigenvalue weighted by Gasteiger charge is -2.03. The van der Waals surface area contributed by atoms with Crippen molar-refractivity contribution in [1.82, 2.24) is 4.98 Å². The molecule has 0 aromatic carbocycles. The lowest BCUT2D eigenvalue weighted by molar-refractivity contribution is 0.871. The molecule has 0 saturated carbocycles. The van der Waals surface area contributed by atoms with Crippen molar-refractivity contribution in [2.45, 2.75) is 19.8 Å². The summed E-state index contributed by atoms with van der Waals surface area (Å²) in [4.78, 5) is 4.17. The summed E-state index contributed by atoms with van der Waals surface area (Å²) in [5.41, 5.74) is 1.72. The largest absolute Gasteiger partial charge is 0.241 e. The highest BCUT2D eigenvalue weighted by Crippen LogP contribution is 2.17. The first-order valence-corrected chi connectivity index (χ1v) is 5.30. The van der Waals surface area contributed by atoms with Crippen molar-refractivity contribution in [3.05, 3.63) is 26.6 Å². The minimum Gasteiger partial charge on any atom is -0.241 e. The molecular formula is C10H8IN3. The third-order valence-electron chi connectivity index (χ3n) is 1.75. The zero-order chi connectivity index (χ0) is 10.6. The van der Waals surface area contributed by atoms with E-state index in [1.54, 1.807) is 0 Å². The minimum absolute atomic E-state index is 0.324. The predicted octanol–water partition coefficient (Wildman–Crippen LogP) is 2.38. The molecule has 1 rings (SSSR count). The molecule has 1 aromatic heterocycles. The van der Waals surface area contributed by atoms with Gasteiger partial charge in [-0.15, -0.1) is 0 Å². The normalized spacial score (nSPS) is 9.14. The van der Waals surface area contributed by atoms with Crippen LogP contribution in [0.4, 0.5) is 0 Å². The van der Waals surface area contributed by atoms with Gasteiger partial charge in [0.15, 0.2) is 0 Å². The third-order valence-corrected chi connectivity index (χ3v) is 2.95. The van der Waals surface area contributed by atoms with Crippen molar-refractivity contribution < 1.29 is 0 Å². The standard InChI is InChI=1S/C10H8IN3/c1-2-3-9-10(11)7(5-12)4-8(6-13)14-9/h4H,2-3H2,1H3. The molecule has 70 valence electrons. The molecule has 14 heavy (non-hydrogen) atoms. The van der Waals surface area contributed by atoms with Gasteiger partial charge in [0.25, 0.3) is 0 Å². The number of nitrogens with zero attached hydrogens (tertiary/aromatic N) is 3. The van der Waals surface area contributed by atoms with Crippen molar-refractivity contribution >= 4 is 22.6 Å². The van der Waals surface area contributed by atoms with Crippen LogP contribution in [0.25, 0.3) is 0 Å². The van der Waals surface area contributed by atoms with E-state index in [1.807, 2.05) is 13.0 Å². The Morgan fingerprint density at radius 3 is 2.64 bits per heavy atom. The zero-order valence-electron chi connectivity index (χ0n) is 7.71. The van der Waals surface area contributed by atoms with Crippen molar-refractivity contribution in [1.29, 1.82) is 10.5 Å². The monoisotopic (exact) mass is 297 g/mol. The average molecular weight is 297 g/mol. The fourth-order valence-electron chi connectivity index (χ4n) is 1.12. The smallest absolute Gasteiger partial charge is 0.142 e. The molecule has 4 heteroatoms. The van der Waals surface area contributed by atoms with Gasteiger partial charge in [-0.3, -0.25) is 0 Å². The van der Waals surface area contributed by atoms with E-state index in [4.69, 9.17) is 10.5 Å². The van der Waals surface area contributed by atoms with Crippen molar-refractivity contribution in [3.63, 3.8) is 0 Å². The van der Waals surface area contributed by atoms with E-state index in [0.717, 1.165) is 22.1 Å². The Balaban J connectivity index is 3.30. The number of hydrogen-bond acceptors (Lipinski definition) is 3. The Hall–Kier alpha value is -1.14. The fraction of sp³-hybridized carbons (Fsp3) is 0.300. The van der Waals surface area contributed by atoms with Gasteiger partial charge in [-0.05, 0) is 35.1 Å². The van der Waals surface area contributed by atoms with Crippen LogP contribution in [0.2, 0.25) is 0 Å². The third kappa shape index (κ3) is 2.21. The van der Waals surface area contributed by atoms with Gasteiger partial charge in [-0.25, -0.2) is 4.98 Å². The van der Waals surface area contributed by atoms with Crippen LogP contribution >= 0.6 is 22.6 Å². The second kappa shape index (κ2) is 4.92. The van der Waals surface area contributed by atoms with E-state index in [9.17, 15) is 0 Å². The number of aromatic nitrogens is 1. The second-order valence-electron chi connectivity index (χ2n) is 2.79. The van der Waals surface area contributed by atoms with Crippen LogP contribution in [-0.2, 0) is 6.42 Å². The summed E-state index contributed by atoms with van der Waals surface area (Å²) >= 11 is 2.10. The first-order valence-electron chi connectivity index (χ1n) is 4.22. The maximum absolute atomic E-state index is 8.84. The van der Waals surface area contributed by atoms with Crippen molar-refractivity contribution in [2.75, 3.05) is 0 Å². The van der Waals surface area contributed by atoms with E-state index < -0.39 is 0 Å². The first kappa shape index (κ1) is 10.9. The van der Waals surface area contributed by atoms with E-state index >= 15 is 0 Å². The molecule has 3 nitrogen and oxygen atoms in total. The van der Waals surface area contributed by atoms with E-state index in [-0.39, 0.29) is 0 Å². The highest BCUT2D eigenvalue weighted by Gasteiger charge is 2.08. The summed E-state index contributed by atoms with van der Waals surface area (Å²) in [6, 6.07) is 5.56. The first-order chi connectivity index (χ1) is 6.72. The Kier molecular flexibility index (Phi) is 3.84. The van der Waals surface area contributed by atoms with E-state index in [1.165, 1.54) is 6.07 Å². The molecule has 0 atom stereocenters. The van der Waals surface area contributed by atoms with Crippen LogP contribution in [-0.4, -0.2) is 4.98 Å². The van der Waals surface area contributed by atoms with E-state index in [2.05, 4.69) is 33.6 Å². The zero-order valence-corrected chi connectivity index (χ0v) is 9.87. The van der Waals surface area contributed by atoms with E-state index in [0.29, 0.717) is 11.3 Å². The molecule has 0 aliphatic rings. The molecule has 0 unspecified atom stereocenters. The number of rotatable bonds is 2. The maximum Gasteiger partial charge on any atom is 0.142 e. The second-order valence-corrected chi connectivity index (χ2v) is 3.87. The molecule has 0 aliphatic heterocycles. The average Bonchev–Trinajstić information content (AvgIpc) is 2.21. The number of nitriles is 2. The van der Waals surface area contributed by atoms with Gasteiger partial charge >= 0.3 is 0 Å². The molecule has 1 heterocycles. The molecule has 0 N–H and O–H groups in total. The van der Waals surface area contributed by atoms with Crippen molar-refractivity contribution in [2.24, 2.45) is 0 Å². The minimum atomic E-state index is 0.324. The van der Waals surface area contributed by atoms with Crippen molar-refractivity contribution in [3.8, 4) is 12.1 Å². The highest BCUT2D eigenvalue weighted by molar-refractivity contribution is 14.1. The van der Waals surface area contributed by atoms with Gasteiger partial charge in [-0.1, -0.05) is 13.3 Å². The Labute approximate surface area is 96.5 Å². The summed E-state index contributed by atoms with van der Waals surface area (Å²) in [5, 5.41) is 17.6. The summed E-state index contributed by atoms with van der Waals surface area (Å²) in [5.74, 6) is 0. The van der Waals surface area contributed by atoms with Crippen LogP contribution in [0.3, 0.4) is 0 Å². The van der Waals surface area contributed by atoms with Crippen LogP contribution in [0.1, 0.15) is 30.3 Å². The lowest BCUT2D eigenvalue weighted by Crippen LogP contribution is -1.99. The van der Waals surface area contributed by atoms with Crippen LogP contribution < -0.4 is 0 Å². The van der Waals surface area contributed by atoms with Crippen LogP contribution in [0, 0.1) is 26.2 Å².